The lowest BCUT2D eigenvalue weighted by Gasteiger charge is -2.30. The van der Waals surface area contributed by atoms with Gasteiger partial charge in [-0.3, -0.25) is 0 Å². The molecule has 0 aromatic carbocycles. The molecule has 0 fully saturated rings. The van der Waals surface area contributed by atoms with E-state index in [2.05, 4.69) is 24.1 Å². The Bertz CT molecular complexity index is 458. The molecule has 5 heteroatoms. The fourth-order valence-corrected chi connectivity index (χ4v) is 3.17. The molecule has 1 unspecified atom stereocenters. The average molecular weight is 337 g/mol. The van der Waals surface area contributed by atoms with E-state index < -0.39 is 5.97 Å². The lowest BCUT2D eigenvalue weighted by atomic mass is 10.1. The zero-order valence-corrected chi connectivity index (χ0v) is 15.1. The van der Waals surface area contributed by atoms with Crippen LogP contribution in [0.5, 0.6) is 0 Å². The third-order valence-electron chi connectivity index (χ3n) is 4.46. The fourth-order valence-electron chi connectivity index (χ4n) is 3.17. The smallest absolute Gasteiger partial charge is 0.360 e. The number of quaternary nitrogens is 1. The molecule has 1 atom stereocenters. The number of carboxylic acid groups (broad SMARTS) is 1. The lowest BCUT2D eigenvalue weighted by molar-refractivity contribution is -0.778. The highest BCUT2D eigenvalue weighted by Gasteiger charge is 2.36. The van der Waals surface area contributed by atoms with Crippen LogP contribution in [0.4, 0.5) is 0 Å². The molecular weight excluding hydrogens is 302 g/mol. The summed E-state index contributed by atoms with van der Waals surface area (Å²) in [6, 6.07) is 0. The molecule has 0 bridgehead atoms. The van der Waals surface area contributed by atoms with Gasteiger partial charge in [0, 0.05) is 13.0 Å². The largest absolute Gasteiger partial charge is 0.477 e. The first kappa shape index (κ1) is 20.6. The Hall–Kier alpha value is -1.46. The quantitative estimate of drug-likeness (QED) is 0.288. The van der Waals surface area contributed by atoms with Gasteiger partial charge in [-0.25, -0.2) is 14.3 Å². The molecule has 24 heavy (non-hydrogen) atoms. The van der Waals surface area contributed by atoms with Gasteiger partial charge in [0.25, 0.3) is 0 Å². The van der Waals surface area contributed by atoms with Crippen LogP contribution in [0.25, 0.3) is 0 Å². The summed E-state index contributed by atoms with van der Waals surface area (Å²) in [5.74, 6) is 0.146. The maximum Gasteiger partial charge on any atom is 0.360 e. The number of hydrogen-bond donors (Lipinski definition) is 2. The number of amidine groups is 1. The number of aliphatic imine (C=N–C) groups is 1. The summed E-state index contributed by atoms with van der Waals surface area (Å²) >= 11 is 0. The van der Waals surface area contributed by atoms with Crippen LogP contribution in [-0.4, -0.2) is 41.0 Å². The molecule has 0 spiro atoms. The zero-order valence-electron chi connectivity index (χ0n) is 15.1. The molecule has 1 rings (SSSR count). The summed E-state index contributed by atoms with van der Waals surface area (Å²) < 4.78 is 0.301. The Balaban J connectivity index is 2.22. The molecular formula is C19H34N3O2+. The van der Waals surface area contributed by atoms with E-state index in [1.807, 2.05) is 6.20 Å². The van der Waals surface area contributed by atoms with Crippen molar-refractivity contribution in [2.45, 2.75) is 64.7 Å². The third kappa shape index (κ3) is 7.41. The Morgan fingerprint density at radius 2 is 1.92 bits per heavy atom. The summed E-state index contributed by atoms with van der Waals surface area (Å²) in [4.78, 5) is 15.6. The summed E-state index contributed by atoms with van der Waals surface area (Å²) in [6.07, 6.45) is 18.7. The van der Waals surface area contributed by atoms with Gasteiger partial charge in [-0.05, 0) is 25.7 Å². The number of nitrogens with zero attached hydrogens (tertiary/aromatic N) is 2. The first-order valence-corrected chi connectivity index (χ1v) is 9.33. The van der Waals surface area contributed by atoms with E-state index >= 15 is 0 Å². The van der Waals surface area contributed by atoms with Crippen molar-refractivity contribution < 1.29 is 14.4 Å². The van der Waals surface area contributed by atoms with Crippen molar-refractivity contribution in [2.24, 2.45) is 10.7 Å². The second-order valence-electron chi connectivity index (χ2n) is 6.48. The van der Waals surface area contributed by atoms with E-state index in [1.165, 1.54) is 38.5 Å². The van der Waals surface area contributed by atoms with Crippen LogP contribution < -0.4 is 5.73 Å². The number of carboxylic acids is 1. The third-order valence-corrected chi connectivity index (χ3v) is 4.46. The Kier molecular flexibility index (Phi) is 10.3. The predicted octanol–water partition coefficient (Wildman–Crippen LogP) is 3.82. The second-order valence-corrected chi connectivity index (χ2v) is 6.48. The minimum atomic E-state index is -0.806. The van der Waals surface area contributed by atoms with Gasteiger partial charge in [0.1, 0.15) is 12.7 Å². The molecule has 0 saturated heterocycles. The van der Waals surface area contributed by atoms with E-state index in [0.29, 0.717) is 17.6 Å². The van der Waals surface area contributed by atoms with Crippen LogP contribution in [0.2, 0.25) is 0 Å². The van der Waals surface area contributed by atoms with Gasteiger partial charge in [0.05, 0.1) is 6.20 Å². The number of rotatable bonds is 14. The standard InChI is InChI=1S/C19H33N3O2/c1-2-3-4-5-6-7-8-9-10-11-12-18-21-14-16-22(18,15-13-20)17-19(23)24/h3-4,14,16H,2,5-13,15,17,20H2,1H3/p+1/b4-3+. The molecule has 0 aliphatic carbocycles. The van der Waals surface area contributed by atoms with Gasteiger partial charge in [-0.1, -0.05) is 44.8 Å². The highest BCUT2D eigenvalue weighted by atomic mass is 16.4. The van der Waals surface area contributed by atoms with Crippen molar-refractivity contribution in [2.75, 3.05) is 19.6 Å². The Labute approximate surface area is 146 Å². The Morgan fingerprint density at radius 1 is 1.21 bits per heavy atom. The van der Waals surface area contributed by atoms with Crippen molar-refractivity contribution in [1.82, 2.24) is 0 Å². The molecule has 5 nitrogen and oxygen atoms in total. The monoisotopic (exact) mass is 336 g/mol. The fraction of sp³-hybridized carbons (Fsp3) is 0.684. The van der Waals surface area contributed by atoms with E-state index in [1.54, 1.807) is 6.20 Å². The van der Waals surface area contributed by atoms with E-state index in [9.17, 15) is 9.90 Å². The van der Waals surface area contributed by atoms with E-state index in [4.69, 9.17) is 5.73 Å². The number of unbranched alkanes of at least 4 members (excludes halogenated alkanes) is 6. The minimum Gasteiger partial charge on any atom is -0.477 e. The molecule has 0 saturated carbocycles. The summed E-state index contributed by atoms with van der Waals surface area (Å²) in [5, 5.41) is 9.18. The zero-order chi connectivity index (χ0) is 17.7. The molecule has 1 aliphatic rings. The number of allylic oxidation sites excluding steroid dienone is 2. The molecule has 0 aromatic rings. The molecule has 0 radical (unpaired) electrons. The van der Waals surface area contributed by atoms with Crippen LogP contribution in [0, 0.1) is 0 Å². The highest BCUT2D eigenvalue weighted by Crippen LogP contribution is 2.21. The number of hydrogen-bond acceptors (Lipinski definition) is 3. The SMILES string of the molecule is CC/C=C/CCCCCCCCC1=NC=C[N+]1(CCN)CC(=O)O. The van der Waals surface area contributed by atoms with Crippen LogP contribution in [-0.2, 0) is 4.79 Å². The average Bonchev–Trinajstić information content (AvgIpc) is 2.91. The van der Waals surface area contributed by atoms with Crippen LogP contribution >= 0.6 is 0 Å². The Morgan fingerprint density at radius 3 is 2.58 bits per heavy atom. The number of nitrogens with two attached hydrogens (primary N) is 1. The van der Waals surface area contributed by atoms with Crippen LogP contribution in [0.15, 0.2) is 29.5 Å². The molecule has 136 valence electrons. The number of carbonyl (C=O) groups is 1. The predicted molar refractivity (Wildman–Crippen MR) is 99.6 cm³/mol. The van der Waals surface area contributed by atoms with Crippen molar-refractivity contribution in [1.29, 1.82) is 0 Å². The molecule has 1 aliphatic heterocycles. The minimum absolute atomic E-state index is 0.0395. The molecule has 0 amide bonds. The van der Waals surface area contributed by atoms with Gasteiger partial charge in [0.15, 0.2) is 6.54 Å². The summed E-state index contributed by atoms with van der Waals surface area (Å²) in [5.41, 5.74) is 5.68. The molecule has 3 N–H and O–H groups in total. The first-order chi connectivity index (χ1) is 11.6. The number of aliphatic carboxylic acids is 1. The van der Waals surface area contributed by atoms with Gasteiger partial charge in [0.2, 0.25) is 5.84 Å². The first-order valence-electron chi connectivity index (χ1n) is 9.33. The topological polar surface area (TPSA) is 75.7 Å². The van der Waals surface area contributed by atoms with Gasteiger partial charge in [-0.15, -0.1) is 0 Å². The van der Waals surface area contributed by atoms with E-state index in [-0.39, 0.29) is 6.54 Å². The van der Waals surface area contributed by atoms with Crippen molar-refractivity contribution in [3.05, 3.63) is 24.6 Å². The van der Waals surface area contributed by atoms with Gasteiger partial charge < -0.3 is 10.8 Å². The summed E-state index contributed by atoms with van der Waals surface area (Å²) in [7, 11) is 0. The molecule has 0 aromatic heterocycles. The van der Waals surface area contributed by atoms with Gasteiger partial charge >= 0.3 is 5.97 Å². The molecule has 1 heterocycles. The lowest BCUT2D eigenvalue weighted by Crippen LogP contribution is -2.52. The van der Waals surface area contributed by atoms with Crippen LogP contribution in [0.1, 0.15) is 64.7 Å². The van der Waals surface area contributed by atoms with E-state index in [0.717, 1.165) is 25.1 Å². The van der Waals surface area contributed by atoms with Crippen molar-refractivity contribution in [3.63, 3.8) is 0 Å². The maximum absolute atomic E-state index is 11.2. The second kappa shape index (κ2) is 12.0. The maximum atomic E-state index is 11.2. The van der Waals surface area contributed by atoms with Crippen LogP contribution in [0.3, 0.4) is 0 Å². The highest BCUT2D eigenvalue weighted by molar-refractivity contribution is 5.81. The van der Waals surface area contributed by atoms with Crippen molar-refractivity contribution in [3.8, 4) is 0 Å². The van der Waals surface area contributed by atoms with Gasteiger partial charge in [-0.2, -0.15) is 0 Å². The van der Waals surface area contributed by atoms with Crippen molar-refractivity contribution >= 4 is 11.8 Å². The normalized spacial score (nSPS) is 20.0. The summed E-state index contributed by atoms with van der Waals surface area (Å²) in [6.45, 7) is 3.27.